The molecule has 0 saturated heterocycles. The standard InChI is InChI=1S/C6H7ClN2O3/c1-9-3-8-5(7)6(9)12-2-4(10)11/h3H,2H2,1H3,(H,10,11). The number of carboxylic acids is 1. The molecule has 1 aromatic heterocycles. The van der Waals surface area contributed by atoms with E-state index in [-0.39, 0.29) is 11.0 Å². The first kappa shape index (κ1) is 8.86. The summed E-state index contributed by atoms with van der Waals surface area (Å²) >= 11 is 5.58. The van der Waals surface area contributed by atoms with Crippen LogP contribution in [0.1, 0.15) is 0 Å². The minimum absolute atomic E-state index is 0.166. The predicted octanol–water partition coefficient (Wildman–Crippen LogP) is 0.537. The van der Waals surface area contributed by atoms with E-state index in [2.05, 4.69) is 4.98 Å². The van der Waals surface area contributed by atoms with Crippen molar-refractivity contribution in [3.8, 4) is 5.88 Å². The highest BCUT2D eigenvalue weighted by molar-refractivity contribution is 6.30. The number of aromatic nitrogens is 2. The van der Waals surface area contributed by atoms with Crippen LogP contribution in [0, 0.1) is 0 Å². The van der Waals surface area contributed by atoms with Crippen LogP contribution >= 0.6 is 11.6 Å². The van der Waals surface area contributed by atoms with Crippen molar-refractivity contribution in [2.45, 2.75) is 0 Å². The summed E-state index contributed by atoms with van der Waals surface area (Å²) < 4.78 is 6.34. The average molecular weight is 191 g/mol. The van der Waals surface area contributed by atoms with Gasteiger partial charge in [0.15, 0.2) is 11.8 Å². The summed E-state index contributed by atoms with van der Waals surface area (Å²) in [5.74, 6) is -0.786. The molecule has 0 atom stereocenters. The van der Waals surface area contributed by atoms with Gasteiger partial charge in [0.25, 0.3) is 0 Å². The van der Waals surface area contributed by atoms with Crippen LogP contribution in [0.5, 0.6) is 5.88 Å². The van der Waals surface area contributed by atoms with Gasteiger partial charge in [-0.05, 0) is 0 Å². The van der Waals surface area contributed by atoms with E-state index >= 15 is 0 Å². The van der Waals surface area contributed by atoms with E-state index in [0.29, 0.717) is 0 Å². The van der Waals surface area contributed by atoms with E-state index in [1.807, 2.05) is 0 Å². The van der Waals surface area contributed by atoms with Crippen molar-refractivity contribution in [2.75, 3.05) is 6.61 Å². The first-order valence-corrected chi connectivity index (χ1v) is 3.50. The first-order valence-electron chi connectivity index (χ1n) is 3.12. The van der Waals surface area contributed by atoms with Crippen molar-refractivity contribution in [3.05, 3.63) is 11.5 Å². The Kier molecular flexibility index (Phi) is 2.54. The SMILES string of the molecule is Cn1cnc(Cl)c1OCC(=O)O. The first-order chi connectivity index (χ1) is 5.61. The van der Waals surface area contributed by atoms with Crippen LogP contribution in [0.3, 0.4) is 0 Å². The van der Waals surface area contributed by atoms with Gasteiger partial charge in [-0.2, -0.15) is 0 Å². The molecule has 0 amide bonds. The Morgan fingerprint density at radius 1 is 1.92 bits per heavy atom. The van der Waals surface area contributed by atoms with Crippen molar-refractivity contribution >= 4 is 17.6 Å². The van der Waals surface area contributed by atoms with Gasteiger partial charge in [-0.25, -0.2) is 9.78 Å². The third kappa shape index (κ3) is 1.88. The number of hydrogen-bond acceptors (Lipinski definition) is 3. The second-order valence-electron chi connectivity index (χ2n) is 2.13. The molecule has 0 saturated carbocycles. The molecule has 0 aliphatic rings. The summed E-state index contributed by atoms with van der Waals surface area (Å²) in [4.78, 5) is 13.8. The van der Waals surface area contributed by atoms with Gasteiger partial charge >= 0.3 is 5.97 Å². The van der Waals surface area contributed by atoms with Crippen LogP contribution < -0.4 is 4.74 Å². The van der Waals surface area contributed by atoms with Crippen molar-refractivity contribution in [1.82, 2.24) is 9.55 Å². The normalized spacial score (nSPS) is 9.83. The molecule has 0 unspecified atom stereocenters. The van der Waals surface area contributed by atoms with E-state index < -0.39 is 12.6 Å². The maximum atomic E-state index is 10.1. The Bertz CT molecular complexity index is 277. The Labute approximate surface area is 73.5 Å². The second kappa shape index (κ2) is 3.44. The highest BCUT2D eigenvalue weighted by atomic mass is 35.5. The summed E-state index contributed by atoms with van der Waals surface area (Å²) in [7, 11) is 1.66. The number of carboxylic acid groups (broad SMARTS) is 1. The highest BCUT2D eigenvalue weighted by Gasteiger charge is 2.08. The van der Waals surface area contributed by atoms with Gasteiger partial charge in [-0.1, -0.05) is 11.6 Å². The van der Waals surface area contributed by atoms with Crippen LogP contribution in [-0.2, 0) is 11.8 Å². The second-order valence-corrected chi connectivity index (χ2v) is 2.49. The Morgan fingerprint density at radius 2 is 2.58 bits per heavy atom. The summed E-state index contributed by atoms with van der Waals surface area (Å²) in [5.41, 5.74) is 0. The van der Waals surface area contributed by atoms with Crippen LogP contribution in [0.4, 0.5) is 0 Å². The lowest BCUT2D eigenvalue weighted by Crippen LogP contribution is -2.11. The number of imidazole rings is 1. The molecule has 0 fully saturated rings. The van der Waals surface area contributed by atoms with Crippen molar-refractivity contribution < 1.29 is 14.6 Å². The van der Waals surface area contributed by atoms with E-state index in [0.717, 1.165) is 0 Å². The molecule has 1 rings (SSSR count). The quantitative estimate of drug-likeness (QED) is 0.756. The lowest BCUT2D eigenvalue weighted by molar-refractivity contribution is -0.139. The zero-order valence-electron chi connectivity index (χ0n) is 6.32. The molecular formula is C6H7ClN2O3. The van der Waals surface area contributed by atoms with Gasteiger partial charge in [-0.3, -0.25) is 0 Å². The molecule has 1 N–H and O–H groups in total. The molecule has 0 bridgehead atoms. The number of aliphatic carboxylic acids is 1. The summed E-state index contributed by atoms with van der Waals surface area (Å²) in [6, 6.07) is 0. The van der Waals surface area contributed by atoms with Gasteiger partial charge in [0.05, 0.1) is 6.33 Å². The van der Waals surface area contributed by atoms with Gasteiger partial charge in [-0.15, -0.1) is 0 Å². The monoisotopic (exact) mass is 190 g/mol. The van der Waals surface area contributed by atoms with Crippen LogP contribution in [0.2, 0.25) is 5.15 Å². The van der Waals surface area contributed by atoms with Crippen LogP contribution in [0.25, 0.3) is 0 Å². The fourth-order valence-electron chi connectivity index (χ4n) is 0.682. The summed E-state index contributed by atoms with van der Waals surface area (Å²) in [6.45, 7) is -0.417. The minimum Gasteiger partial charge on any atom is -0.479 e. The molecule has 1 aromatic rings. The maximum absolute atomic E-state index is 10.1. The highest BCUT2D eigenvalue weighted by Crippen LogP contribution is 2.20. The fraction of sp³-hybridized carbons (Fsp3) is 0.333. The predicted molar refractivity (Wildman–Crippen MR) is 41.3 cm³/mol. The van der Waals surface area contributed by atoms with E-state index in [4.69, 9.17) is 21.4 Å². The topological polar surface area (TPSA) is 64.4 Å². The lowest BCUT2D eigenvalue weighted by atomic mass is 10.7. The average Bonchev–Trinajstić information content (AvgIpc) is 2.28. The van der Waals surface area contributed by atoms with Crippen molar-refractivity contribution in [3.63, 3.8) is 0 Å². The summed E-state index contributed by atoms with van der Waals surface area (Å²) in [5, 5.41) is 8.46. The molecule has 12 heavy (non-hydrogen) atoms. The zero-order valence-corrected chi connectivity index (χ0v) is 7.08. The molecule has 6 heteroatoms. The number of nitrogens with zero attached hydrogens (tertiary/aromatic N) is 2. The smallest absolute Gasteiger partial charge is 0.341 e. The molecule has 0 aliphatic heterocycles. The Balaban J connectivity index is 2.68. The van der Waals surface area contributed by atoms with Gasteiger partial charge in [0, 0.05) is 7.05 Å². The van der Waals surface area contributed by atoms with Crippen molar-refractivity contribution in [2.24, 2.45) is 7.05 Å². The fourth-order valence-corrected chi connectivity index (χ4v) is 0.913. The van der Waals surface area contributed by atoms with E-state index in [9.17, 15) is 4.79 Å². The van der Waals surface area contributed by atoms with Crippen molar-refractivity contribution in [1.29, 1.82) is 0 Å². The number of aryl methyl sites for hydroxylation is 1. The van der Waals surface area contributed by atoms with Gasteiger partial charge in [0.2, 0.25) is 5.88 Å². The maximum Gasteiger partial charge on any atom is 0.341 e. The molecule has 66 valence electrons. The number of ether oxygens (including phenoxy) is 1. The Morgan fingerprint density at radius 3 is 3.00 bits per heavy atom. The lowest BCUT2D eigenvalue weighted by Gasteiger charge is -2.02. The number of hydrogen-bond donors (Lipinski definition) is 1. The van der Waals surface area contributed by atoms with E-state index in [1.165, 1.54) is 10.9 Å². The number of halogens is 1. The van der Waals surface area contributed by atoms with Crippen LogP contribution in [-0.4, -0.2) is 27.2 Å². The molecular weight excluding hydrogens is 184 g/mol. The van der Waals surface area contributed by atoms with Crippen LogP contribution in [0.15, 0.2) is 6.33 Å². The Hall–Kier alpha value is -1.23. The minimum atomic E-state index is -1.05. The van der Waals surface area contributed by atoms with Gasteiger partial charge < -0.3 is 14.4 Å². The molecule has 0 aromatic carbocycles. The largest absolute Gasteiger partial charge is 0.479 e. The number of carbonyl (C=O) groups is 1. The molecule has 5 nitrogen and oxygen atoms in total. The third-order valence-electron chi connectivity index (χ3n) is 1.17. The third-order valence-corrected chi connectivity index (χ3v) is 1.43. The van der Waals surface area contributed by atoms with Gasteiger partial charge in [0.1, 0.15) is 0 Å². The molecule has 0 aliphatic carbocycles. The van der Waals surface area contributed by atoms with E-state index in [1.54, 1.807) is 7.05 Å². The molecule has 0 radical (unpaired) electrons. The molecule has 0 spiro atoms. The summed E-state index contributed by atoms with van der Waals surface area (Å²) in [6.07, 6.45) is 1.44. The zero-order chi connectivity index (χ0) is 9.14. The number of rotatable bonds is 3. The molecule has 1 heterocycles.